The molecule has 1 aromatic carbocycles. The summed E-state index contributed by atoms with van der Waals surface area (Å²) in [7, 11) is 0. The van der Waals surface area contributed by atoms with Crippen molar-refractivity contribution >= 4 is 33.5 Å². The minimum atomic E-state index is -0.00961. The van der Waals surface area contributed by atoms with E-state index in [2.05, 4.69) is 16.9 Å². The Morgan fingerprint density at radius 1 is 1.48 bits per heavy atom. The van der Waals surface area contributed by atoms with Gasteiger partial charge in [-0.25, -0.2) is 4.98 Å². The fourth-order valence-electron chi connectivity index (χ4n) is 3.83. The van der Waals surface area contributed by atoms with Gasteiger partial charge in [0.25, 0.3) is 5.56 Å². The largest absolute Gasteiger partial charge is 0.349 e. The predicted octanol–water partition coefficient (Wildman–Crippen LogP) is 1.60. The van der Waals surface area contributed by atoms with Crippen molar-refractivity contribution in [3.8, 4) is 0 Å². The quantitative estimate of drug-likeness (QED) is 0.766. The Kier molecular flexibility index (Phi) is 3.62. The van der Waals surface area contributed by atoms with Gasteiger partial charge in [-0.3, -0.25) is 9.36 Å². The van der Waals surface area contributed by atoms with Gasteiger partial charge in [-0.1, -0.05) is 17.7 Å². The van der Waals surface area contributed by atoms with E-state index in [-0.39, 0.29) is 5.56 Å². The molecule has 0 amide bonds. The molecule has 5 nitrogen and oxygen atoms in total. The number of halogens is 1. The molecule has 2 atom stereocenters. The highest BCUT2D eigenvalue weighted by Crippen LogP contribution is 2.28. The molecular weight excluding hydrogens is 312 g/mol. The summed E-state index contributed by atoms with van der Waals surface area (Å²) in [4.78, 5) is 22.1. The zero-order valence-electron chi connectivity index (χ0n) is 13.1. The van der Waals surface area contributed by atoms with Crippen LogP contribution in [0.3, 0.4) is 0 Å². The highest BCUT2D eigenvalue weighted by molar-refractivity contribution is 6.37. The summed E-state index contributed by atoms with van der Waals surface area (Å²) in [5.74, 6) is 0. The number of rotatable bonds is 3. The van der Waals surface area contributed by atoms with Crippen LogP contribution in [0.25, 0.3) is 21.9 Å². The average Bonchev–Trinajstić information content (AvgIpc) is 3.15. The van der Waals surface area contributed by atoms with Crippen LogP contribution in [0.15, 0.2) is 29.3 Å². The van der Waals surface area contributed by atoms with Crippen LogP contribution in [0.1, 0.15) is 19.8 Å². The second-order valence-electron chi connectivity index (χ2n) is 6.31. The van der Waals surface area contributed by atoms with Crippen molar-refractivity contribution in [1.29, 1.82) is 0 Å². The van der Waals surface area contributed by atoms with Gasteiger partial charge in [-0.05, 0) is 19.1 Å². The summed E-state index contributed by atoms with van der Waals surface area (Å²) in [5.41, 5.74) is 2.06. The maximum Gasteiger partial charge on any atom is 0.277 e. The number of H-pyrrole nitrogens is 1. The number of nitrogens with one attached hydrogen (secondary N) is 2. The number of nitrogens with zero attached hydrogens (tertiary/aromatic N) is 2. The van der Waals surface area contributed by atoms with Crippen LogP contribution < -0.4 is 10.5 Å². The second-order valence-corrected chi connectivity index (χ2v) is 6.72. The number of aromatic amines is 1. The SMILES string of the molecule is CC[NH+]1CCC[C@@H]1Cn1cnc2c([nH]c3cccc(Cl)c32)c1=O. The van der Waals surface area contributed by atoms with Crippen molar-refractivity contribution in [2.45, 2.75) is 32.4 Å². The monoisotopic (exact) mass is 331 g/mol. The van der Waals surface area contributed by atoms with Crippen molar-refractivity contribution in [1.82, 2.24) is 14.5 Å². The predicted molar refractivity (Wildman–Crippen MR) is 92.3 cm³/mol. The first-order valence-corrected chi connectivity index (χ1v) is 8.56. The molecule has 0 spiro atoms. The molecule has 0 bridgehead atoms. The first-order valence-electron chi connectivity index (χ1n) is 8.19. The standard InChI is InChI=1S/C17H19ClN4O/c1-2-21-8-4-5-11(21)9-22-10-19-15-14-12(18)6-3-7-13(14)20-16(15)17(22)23/h3,6-7,10-11,20H,2,4-5,8-9H2,1H3/p+1/t11-/m1/s1. The Balaban J connectivity index is 1.81. The lowest BCUT2D eigenvalue weighted by Gasteiger charge is -2.20. The van der Waals surface area contributed by atoms with Gasteiger partial charge in [0.2, 0.25) is 0 Å². The van der Waals surface area contributed by atoms with Gasteiger partial charge in [-0.15, -0.1) is 0 Å². The van der Waals surface area contributed by atoms with Crippen molar-refractivity contribution in [2.75, 3.05) is 13.1 Å². The molecule has 1 saturated heterocycles. The maximum absolute atomic E-state index is 12.8. The number of likely N-dealkylation sites (tertiary alicyclic amines) is 1. The molecule has 120 valence electrons. The van der Waals surface area contributed by atoms with Gasteiger partial charge in [0.15, 0.2) is 0 Å². The van der Waals surface area contributed by atoms with E-state index in [4.69, 9.17) is 11.6 Å². The van der Waals surface area contributed by atoms with E-state index in [0.717, 1.165) is 24.0 Å². The third-order valence-corrected chi connectivity index (χ3v) is 5.36. The molecule has 0 aliphatic carbocycles. The minimum absolute atomic E-state index is 0.00961. The van der Waals surface area contributed by atoms with Crippen LogP contribution in [-0.4, -0.2) is 33.7 Å². The highest BCUT2D eigenvalue weighted by Gasteiger charge is 2.28. The summed E-state index contributed by atoms with van der Waals surface area (Å²) in [6.07, 6.45) is 4.08. The molecule has 4 rings (SSSR count). The van der Waals surface area contributed by atoms with Crippen LogP contribution in [0.2, 0.25) is 5.02 Å². The first-order chi connectivity index (χ1) is 11.2. The zero-order valence-corrected chi connectivity index (χ0v) is 13.9. The topological polar surface area (TPSA) is 55.1 Å². The van der Waals surface area contributed by atoms with E-state index < -0.39 is 0 Å². The number of fused-ring (bicyclic) bond motifs is 3. The lowest BCUT2D eigenvalue weighted by molar-refractivity contribution is -0.911. The summed E-state index contributed by atoms with van der Waals surface area (Å²) < 4.78 is 1.75. The summed E-state index contributed by atoms with van der Waals surface area (Å²) in [6.45, 7) is 5.25. The molecule has 23 heavy (non-hydrogen) atoms. The van der Waals surface area contributed by atoms with E-state index in [1.165, 1.54) is 19.4 Å². The molecule has 1 fully saturated rings. The Morgan fingerprint density at radius 2 is 2.35 bits per heavy atom. The molecule has 1 aliphatic heterocycles. The van der Waals surface area contributed by atoms with Crippen LogP contribution in [-0.2, 0) is 6.54 Å². The second kappa shape index (κ2) is 5.65. The Bertz CT molecular complexity index is 929. The van der Waals surface area contributed by atoms with E-state index in [9.17, 15) is 4.79 Å². The number of benzene rings is 1. The van der Waals surface area contributed by atoms with Gasteiger partial charge >= 0.3 is 0 Å². The van der Waals surface area contributed by atoms with E-state index in [1.807, 2.05) is 18.2 Å². The number of hydrogen-bond acceptors (Lipinski definition) is 2. The third kappa shape index (κ3) is 2.35. The summed E-state index contributed by atoms with van der Waals surface area (Å²) in [5, 5.41) is 1.45. The van der Waals surface area contributed by atoms with Gasteiger partial charge in [0, 0.05) is 23.7 Å². The third-order valence-electron chi connectivity index (χ3n) is 5.05. The summed E-state index contributed by atoms with van der Waals surface area (Å²) in [6, 6.07) is 6.13. The van der Waals surface area contributed by atoms with Gasteiger partial charge in [0.1, 0.15) is 17.1 Å². The van der Waals surface area contributed by atoms with E-state index in [1.54, 1.807) is 15.8 Å². The van der Waals surface area contributed by atoms with Crippen LogP contribution >= 0.6 is 11.6 Å². The smallest absolute Gasteiger partial charge is 0.277 e. The van der Waals surface area contributed by atoms with Gasteiger partial charge in [0.05, 0.1) is 31.0 Å². The Morgan fingerprint density at radius 3 is 3.17 bits per heavy atom. The molecular formula is C17H20ClN4O+. The molecule has 2 aromatic heterocycles. The van der Waals surface area contributed by atoms with Crippen molar-refractivity contribution < 1.29 is 4.90 Å². The van der Waals surface area contributed by atoms with E-state index in [0.29, 0.717) is 22.1 Å². The Hall–Kier alpha value is -1.85. The van der Waals surface area contributed by atoms with Crippen LogP contribution in [0.4, 0.5) is 0 Å². The van der Waals surface area contributed by atoms with Crippen molar-refractivity contribution in [2.24, 2.45) is 0 Å². The Labute approximate surface area is 138 Å². The molecule has 1 unspecified atom stereocenters. The van der Waals surface area contributed by atoms with Crippen LogP contribution in [0, 0.1) is 0 Å². The molecule has 6 heteroatoms. The van der Waals surface area contributed by atoms with E-state index >= 15 is 0 Å². The molecule has 0 radical (unpaired) electrons. The highest BCUT2D eigenvalue weighted by atomic mass is 35.5. The average molecular weight is 332 g/mol. The first kappa shape index (κ1) is 14.7. The number of aromatic nitrogens is 3. The normalized spacial score (nSPS) is 21.5. The zero-order chi connectivity index (χ0) is 16.0. The number of quaternary nitrogens is 1. The minimum Gasteiger partial charge on any atom is -0.349 e. The molecule has 2 N–H and O–H groups in total. The fraction of sp³-hybridized carbons (Fsp3) is 0.412. The van der Waals surface area contributed by atoms with Crippen molar-refractivity contribution in [3.63, 3.8) is 0 Å². The lowest BCUT2D eigenvalue weighted by Crippen LogP contribution is -3.13. The molecule has 1 aliphatic rings. The van der Waals surface area contributed by atoms with Crippen molar-refractivity contribution in [3.05, 3.63) is 39.9 Å². The fourth-order valence-corrected chi connectivity index (χ4v) is 4.10. The number of likely N-dealkylation sites (N-methyl/N-ethyl adjacent to an activating group) is 1. The van der Waals surface area contributed by atoms with Crippen LogP contribution in [0.5, 0.6) is 0 Å². The molecule has 3 heterocycles. The molecule has 3 aromatic rings. The summed E-state index contributed by atoms with van der Waals surface area (Å²) >= 11 is 6.27. The van der Waals surface area contributed by atoms with Gasteiger partial charge in [-0.2, -0.15) is 0 Å². The number of hydrogen-bond donors (Lipinski definition) is 2. The maximum atomic E-state index is 12.8. The van der Waals surface area contributed by atoms with Gasteiger partial charge < -0.3 is 9.88 Å². The lowest BCUT2D eigenvalue weighted by atomic mass is 10.2. The molecule has 0 saturated carbocycles.